The summed E-state index contributed by atoms with van der Waals surface area (Å²) in [6, 6.07) is 12.1. The van der Waals surface area contributed by atoms with E-state index in [1.165, 1.54) is 5.56 Å². The van der Waals surface area contributed by atoms with Crippen molar-refractivity contribution < 1.29 is 14.2 Å². The van der Waals surface area contributed by atoms with Gasteiger partial charge in [-0.2, -0.15) is 4.98 Å². The highest BCUT2D eigenvalue weighted by atomic mass is 32.1. The van der Waals surface area contributed by atoms with Crippen LogP contribution in [0, 0.1) is 6.92 Å². The molecule has 0 unspecified atom stereocenters. The third-order valence-corrected chi connectivity index (χ3v) is 5.17. The molecule has 0 spiro atoms. The maximum atomic E-state index is 5.44. The number of methoxy groups -OCH3 is 3. The van der Waals surface area contributed by atoms with E-state index < -0.39 is 0 Å². The number of nitrogens with zero attached hydrogens (tertiary/aromatic N) is 3. The molecule has 0 amide bonds. The van der Waals surface area contributed by atoms with Crippen LogP contribution in [0.2, 0.25) is 0 Å². The molecular weight excluding hydrogens is 362 g/mol. The van der Waals surface area contributed by atoms with Gasteiger partial charge in [0, 0.05) is 16.5 Å². The van der Waals surface area contributed by atoms with E-state index in [-0.39, 0.29) is 0 Å². The van der Waals surface area contributed by atoms with Crippen LogP contribution in [0.5, 0.6) is 17.2 Å². The molecule has 0 fully saturated rings. The fourth-order valence-electron chi connectivity index (χ4n) is 2.94. The molecule has 4 rings (SSSR count). The lowest BCUT2D eigenvalue weighted by Gasteiger charge is -2.12. The minimum Gasteiger partial charge on any atom is -0.493 e. The molecule has 0 bridgehead atoms. The molecule has 2 aromatic heterocycles. The number of hydrogen-bond acceptors (Lipinski definition) is 6. The zero-order valence-electron chi connectivity index (χ0n) is 15.5. The van der Waals surface area contributed by atoms with Gasteiger partial charge < -0.3 is 14.2 Å². The maximum Gasteiger partial charge on any atom is 0.213 e. The van der Waals surface area contributed by atoms with E-state index in [9.17, 15) is 0 Å². The highest BCUT2D eigenvalue weighted by Gasteiger charge is 2.18. The van der Waals surface area contributed by atoms with Gasteiger partial charge in [0.25, 0.3) is 0 Å². The van der Waals surface area contributed by atoms with E-state index in [0.717, 1.165) is 21.8 Å². The summed E-state index contributed by atoms with van der Waals surface area (Å²) in [5, 5.41) is 6.78. The van der Waals surface area contributed by atoms with Gasteiger partial charge in [-0.3, -0.25) is 0 Å². The van der Waals surface area contributed by atoms with Crippen molar-refractivity contribution in [2.24, 2.45) is 0 Å². The van der Waals surface area contributed by atoms with Crippen molar-refractivity contribution in [2.75, 3.05) is 21.3 Å². The number of hydrogen-bond donors (Lipinski definition) is 0. The topological polar surface area (TPSA) is 57.9 Å². The molecule has 7 heteroatoms. The van der Waals surface area contributed by atoms with Gasteiger partial charge in [0.15, 0.2) is 17.3 Å². The molecule has 0 saturated carbocycles. The van der Waals surface area contributed by atoms with Gasteiger partial charge >= 0.3 is 0 Å². The first-order valence-corrected chi connectivity index (χ1v) is 9.24. The summed E-state index contributed by atoms with van der Waals surface area (Å²) in [6.45, 7) is 2.07. The molecule has 0 aliphatic heterocycles. The van der Waals surface area contributed by atoms with E-state index in [1.54, 1.807) is 32.7 Å². The molecule has 0 aliphatic rings. The lowest BCUT2D eigenvalue weighted by Crippen LogP contribution is -1.96. The number of benzene rings is 2. The number of aryl methyl sites for hydroxylation is 1. The van der Waals surface area contributed by atoms with E-state index >= 15 is 0 Å². The van der Waals surface area contributed by atoms with Gasteiger partial charge in [-0.15, -0.1) is 16.4 Å². The summed E-state index contributed by atoms with van der Waals surface area (Å²) >= 11 is 1.56. The Morgan fingerprint density at radius 2 is 1.56 bits per heavy atom. The average molecular weight is 381 g/mol. The highest BCUT2D eigenvalue weighted by Crippen LogP contribution is 2.41. The molecule has 4 aromatic rings. The van der Waals surface area contributed by atoms with E-state index in [0.29, 0.717) is 23.1 Å². The van der Waals surface area contributed by atoms with Gasteiger partial charge in [0.05, 0.1) is 27.0 Å². The summed E-state index contributed by atoms with van der Waals surface area (Å²) in [5.41, 5.74) is 4.14. The van der Waals surface area contributed by atoms with Gasteiger partial charge in [0.2, 0.25) is 10.7 Å². The van der Waals surface area contributed by atoms with Crippen molar-refractivity contribution in [3.63, 3.8) is 0 Å². The molecule has 0 N–H and O–H groups in total. The van der Waals surface area contributed by atoms with Crippen molar-refractivity contribution in [2.45, 2.75) is 6.92 Å². The van der Waals surface area contributed by atoms with Gasteiger partial charge in [-0.05, 0) is 19.1 Å². The lowest BCUT2D eigenvalue weighted by molar-refractivity contribution is 0.324. The molecule has 138 valence electrons. The van der Waals surface area contributed by atoms with Crippen LogP contribution >= 0.6 is 11.3 Å². The van der Waals surface area contributed by atoms with Crippen LogP contribution in [0.3, 0.4) is 0 Å². The minimum absolute atomic E-state index is 0.546. The van der Waals surface area contributed by atoms with Crippen molar-refractivity contribution in [1.82, 2.24) is 14.6 Å². The summed E-state index contributed by atoms with van der Waals surface area (Å²) < 4.78 is 18.1. The number of thiazole rings is 1. The first-order valence-electron chi connectivity index (χ1n) is 8.36. The van der Waals surface area contributed by atoms with Crippen LogP contribution in [-0.2, 0) is 0 Å². The molecule has 0 aliphatic carbocycles. The number of rotatable bonds is 5. The smallest absolute Gasteiger partial charge is 0.213 e. The Labute approximate surface area is 161 Å². The first kappa shape index (κ1) is 17.4. The largest absolute Gasteiger partial charge is 0.493 e. The quantitative estimate of drug-likeness (QED) is 0.511. The van der Waals surface area contributed by atoms with Crippen LogP contribution in [0.1, 0.15) is 5.56 Å². The maximum absolute atomic E-state index is 5.44. The fourth-order valence-corrected chi connectivity index (χ4v) is 3.77. The summed E-state index contributed by atoms with van der Waals surface area (Å²) in [7, 11) is 4.77. The standard InChI is InChI=1S/C20H19N3O3S/c1-12-5-7-13(8-6-12)15-11-27-20-21-19(22-23(15)20)14-9-16(24-2)18(26-4)17(10-14)25-3/h5-11H,1-4H3. The van der Waals surface area contributed by atoms with Crippen molar-refractivity contribution in [1.29, 1.82) is 0 Å². The summed E-state index contributed by atoms with van der Waals surface area (Å²) in [4.78, 5) is 5.50. The fraction of sp³-hybridized carbons (Fsp3) is 0.200. The predicted molar refractivity (Wildman–Crippen MR) is 106 cm³/mol. The van der Waals surface area contributed by atoms with Crippen LogP contribution < -0.4 is 14.2 Å². The van der Waals surface area contributed by atoms with E-state index in [1.807, 2.05) is 16.6 Å². The number of aromatic nitrogens is 3. The Balaban J connectivity index is 1.82. The Bertz CT molecular complexity index is 1070. The second-order valence-electron chi connectivity index (χ2n) is 6.03. The molecule has 6 nitrogen and oxygen atoms in total. The van der Waals surface area contributed by atoms with Crippen molar-refractivity contribution >= 4 is 16.3 Å². The molecule has 0 radical (unpaired) electrons. The van der Waals surface area contributed by atoms with Crippen molar-refractivity contribution in [3.05, 3.63) is 47.3 Å². The van der Waals surface area contributed by atoms with E-state index in [2.05, 4.69) is 41.6 Å². The number of fused-ring (bicyclic) bond motifs is 1. The predicted octanol–water partition coefficient (Wildman–Crippen LogP) is 4.46. The van der Waals surface area contributed by atoms with Crippen molar-refractivity contribution in [3.8, 4) is 39.9 Å². The monoisotopic (exact) mass is 381 g/mol. The highest BCUT2D eigenvalue weighted by molar-refractivity contribution is 7.15. The Morgan fingerprint density at radius 1 is 0.889 bits per heavy atom. The van der Waals surface area contributed by atoms with Gasteiger partial charge in [-0.1, -0.05) is 29.8 Å². The zero-order chi connectivity index (χ0) is 19.0. The third kappa shape index (κ3) is 3.00. The minimum atomic E-state index is 0.546. The average Bonchev–Trinajstić information content (AvgIpc) is 3.28. The van der Waals surface area contributed by atoms with Gasteiger partial charge in [-0.25, -0.2) is 4.52 Å². The van der Waals surface area contributed by atoms with Crippen LogP contribution in [-0.4, -0.2) is 35.9 Å². The molecule has 27 heavy (non-hydrogen) atoms. The second-order valence-corrected chi connectivity index (χ2v) is 6.87. The first-order chi connectivity index (χ1) is 13.1. The molecule has 2 aromatic carbocycles. The molecule has 0 saturated heterocycles. The Hall–Kier alpha value is -3.06. The SMILES string of the molecule is COc1cc(-c2nc3scc(-c4ccc(C)cc4)n3n2)cc(OC)c1OC. The number of ether oxygens (including phenoxy) is 3. The third-order valence-electron chi connectivity index (χ3n) is 4.35. The molecular formula is C20H19N3O3S. The summed E-state index contributed by atoms with van der Waals surface area (Å²) in [6.07, 6.45) is 0. The van der Waals surface area contributed by atoms with Gasteiger partial charge in [0.1, 0.15) is 0 Å². The Morgan fingerprint density at radius 3 is 2.15 bits per heavy atom. The van der Waals surface area contributed by atoms with E-state index in [4.69, 9.17) is 19.3 Å². The van der Waals surface area contributed by atoms with Crippen LogP contribution in [0.4, 0.5) is 0 Å². The van der Waals surface area contributed by atoms with Crippen LogP contribution in [0.25, 0.3) is 27.6 Å². The Kier molecular flexibility index (Phi) is 4.45. The summed E-state index contributed by atoms with van der Waals surface area (Å²) in [5.74, 6) is 2.30. The zero-order valence-corrected chi connectivity index (χ0v) is 16.3. The lowest BCUT2D eigenvalue weighted by atomic mass is 10.1. The van der Waals surface area contributed by atoms with Crippen LogP contribution in [0.15, 0.2) is 41.8 Å². The molecule has 0 atom stereocenters. The molecule has 2 heterocycles. The second kappa shape index (κ2) is 6.92. The normalized spacial score (nSPS) is 11.0.